The minimum Gasteiger partial charge on any atom is -0.340 e. The average Bonchev–Trinajstić information content (AvgIpc) is 2.80. The van der Waals surface area contributed by atoms with Gasteiger partial charge in [-0.3, -0.25) is 9.69 Å². The minimum absolute atomic E-state index is 0. The summed E-state index contributed by atoms with van der Waals surface area (Å²) < 4.78 is 0. The van der Waals surface area contributed by atoms with E-state index in [1.54, 1.807) is 0 Å². The SMILES string of the molecule is Cl.Cl.O=C(CC1CCNC1)N1CCN(C2CCC2)CC1. The maximum Gasteiger partial charge on any atom is 0.222 e. The van der Waals surface area contributed by atoms with E-state index >= 15 is 0 Å². The van der Waals surface area contributed by atoms with Crippen LogP contribution in [0.5, 0.6) is 0 Å². The Morgan fingerprint density at radius 1 is 1.05 bits per heavy atom. The first-order chi connectivity index (χ1) is 8.83. The molecule has 3 fully saturated rings. The van der Waals surface area contributed by atoms with Crippen LogP contribution in [0.3, 0.4) is 0 Å². The highest BCUT2D eigenvalue weighted by molar-refractivity contribution is 5.85. The van der Waals surface area contributed by atoms with E-state index in [0.717, 1.165) is 51.7 Å². The third kappa shape index (κ3) is 4.23. The number of halogens is 2. The molecule has 1 aliphatic carbocycles. The molecule has 20 heavy (non-hydrogen) atoms. The Balaban J connectivity index is 0.000001000. The van der Waals surface area contributed by atoms with Crippen molar-refractivity contribution in [1.82, 2.24) is 15.1 Å². The fourth-order valence-electron chi connectivity index (χ4n) is 3.35. The topological polar surface area (TPSA) is 35.6 Å². The molecular weight excluding hydrogens is 297 g/mol. The van der Waals surface area contributed by atoms with Gasteiger partial charge in [0, 0.05) is 38.6 Å². The molecule has 0 radical (unpaired) electrons. The molecule has 1 saturated carbocycles. The Morgan fingerprint density at radius 3 is 2.25 bits per heavy atom. The highest BCUT2D eigenvalue weighted by atomic mass is 35.5. The second kappa shape index (κ2) is 8.42. The van der Waals surface area contributed by atoms with E-state index in [-0.39, 0.29) is 24.8 Å². The van der Waals surface area contributed by atoms with Crippen molar-refractivity contribution >= 4 is 30.7 Å². The van der Waals surface area contributed by atoms with Crippen molar-refractivity contribution < 1.29 is 4.79 Å². The minimum atomic E-state index is 0. The zero-order valence-electron chi connectivity index (χ0n) is 12.1. The second-order valence-electron chi connectivity index (χ2n) is 6.06. The fourth-order valence-corrected chi connectivity index (χ4v) is 3.35. The zero-order chi connectivity index (χ0) is 12.4. The van der Waals surface area contributed by atoms with Gasteiger partial charge in [0.15, 0.2) is 0 Å². The Labute approximate surface area is 134 Å². The van der Waals surface area contributed by atoms with Gasteiger partial charge in [-0.25, -0.2) is 0 Å². The number of carbonyl (C=O) groups is 1. The number of hydrogen-bond donors (Lipinski definition) is 1. The van der Waals surface area contributed by atoms with Crippen molar-refractivity contribution in [3.05, 3.63) is 0 Å². The first-order valence-corrected chi connectivity index (χ1v) is 7.55. The molecule has 0 spiro atoms. The zero-order valence-corrected chi connectivity index (χ0v) is 13.7. The molecule has 2 heterocycles. The summed E-state index contributed by atoms with van der Waals surface area (Å²) in [6.07, 6.45) is 6.09. The van der Waals surface area contributed by atoms with Gasteiger partial charge in [-0.1, -0.05) is 6.42 Å². The highest BCUT2D eigenvalue weighted by Gasteiger charge is 2.30. The van der Waals surface area contributed by atoms with E-state index in [1.165, 1.54) is 25.7 Å². The van der Waals surface area contributed by atoms with E-state index in [9.17, 15) is 4.79 Å². The van der Waals surface area contributed by atoms with E-state index in [4.69, 9.17) is 0 Å². The molecule has 0 aromatic carbocycles. The van der Waals surface area contributed by atoms with Crippen molar-refractivity contribution in [2.75, 3.05) is 39.3 Å². The first kappa shape index (κ1) is 18.0. The molecule has 0 bridgehead atoms. The van der Waals surface area contributed by atoms with Crippen LogP contribution in [0.15, 0.2) is 0 Å². The van der Waals surface area contributed by atoms with Gasteiger partial charge >= 0.3 is 0 Å². The van der Waals surface area contributed by atoms with Gasteiger partial charge in [-0.05, 0) is 38.3 Å². The van der Waals surface area contributed by atoms with Crippen LogP contribution in [-0.2, 0) is 4.79 Å². The summed E-state index contributed by atoms with van der Waals surface area (Å²) in [5.74, 6) is 0.971. The number of nitrogens with one attached hydrogen (secondary N) is 1. The third-order valence-electron chi connectivity index (χ3n) is 4.88. The summed E-state index contributed by atoms with van der Waals surface area (Å²) in [7, 11) is 0. The van der Waals surface area contributed by atoms with E-state index < -0.39 is 0 Å². The molecule has 3 rings (SSSR count). The lowest BCUT2D eigenvalue weighted by atomic mass is 9.91. The average molecular weight is 324 g/mol. The summed E-state index contributed by atoms with van der Waals surface area (Å²) in [6, 6.07) is 0.835. The predicted molar refractivity (Wildman–Crippen MR) is 85.9 cm³/mol. The lowest BCUT2D eigenvalue weighted by Crippen LogP contribution is -2.53. The number of amides is 1. The molecule has 6 heteroatoms. The van der Waals surface area contributed by atoms with Gasteiger partial charge in [0.2, 0.25) is 5.91 Å². The van der Waals surface area contributed by atoms with Crippen molar-refractivity contribution in [2.24, 2.45) is 5.92 Å². The fraction of sp³-hybridized carbons (Fsp3) is 0.929. The molecule has 4 nitrogen and oxygen atoms in total. The molecule has 0 aromatic rings. The van der Waals surface area contributed by atoms with Crippen LogP contribution in [0.2, 0.25) is 0 Å². The summed E-state index contributed by atoms with van der Waals surface area (Å²) in [6.45, 7) is 6.23. The number of nitrogens with zero attached hydrogens (tertiary/aromatic N) is 2. The van der Waals surface area contributed by atoms with Crippen molar-refractivity contribution in [2.45, 2.75) is 38.1 Å². The number of hydrogen-bond acceptors (Lipinski definition) is 3. The van der Waals surface area contributed by atoms with Gasteiger partial charge < -0.3 is 10.2 Å². The van der Waals surface area contributed by atoms with E-state index in [0.29, 0.717) is 11.8 Å². The smallest absolute Gasteiger partial charge is 0.222 e. The number of rotatable bonds is 3. The predicted octanol–water partition coefficient (Wildman–Crippen LogP) is 1.53. The largest absolute Gasteiger partial charge is 0.340 e. The molecular formula is C14H27Cl2N3O. The molecule has 118 valence electrons. The monoisotopic (exact) mass is 323 g/mol. The molecule has 0 aromatic heterocycles. The molecule has 2 saturated heterocycles. The lowest BCUT2D eigenvalue weighted by molar-refractivity contribution is -0.134. The van der Waals surface area contributed by atoms with Crippen LogP contribution >= 0.6 is 24.8 Å². The standard InChI is InChI=1S/C14H25N3O.2ClH/c18-14(10-12-4-5-15-11-12)17-8-6-16(7-9-17)13-2-1-3-13;;/h12-13,15H,1-11H2;2*1H. The van der Waals surface area contributed by atoms with Crippen molar-refractivity contribution in [3.63, 3.8) is 0 Å². The van der Waals surface area contributed by atoms with Gasteiger partial charge in [-0.2, -0.15) is 0 Å². The summed E-state index contributed by atoms with van der Waals surface area (Å²) in [5, 5.41) is 3.34. The summed E-state index contributed by atoms with van der Waals surface area (Å²) in [4.78, 5) is 16.9. The number of piperazine rings is 1. The Bertz CT molecular complexity index is 299. The molecule has 2 aliphatic heterocycles. The molecule has 1 unspecified atom stereocenters. The van der Waals surface area contributed by atoms with Crippen LogP contribution in [0.4, 0.5) is 0 Å². The summed E-state index contributed by atoms with van der Waals surface area (Å²) >= 11 is 0. The van der Waals surface area contributed by atoms with E-state index in [1.807, 2.05) is 0 Å². The maximum absolute atomic E-state index is 12.2. The van der Waals surface area contributed by atoms with Gasteiger partial charge in [0.1, 0.15) is 0 Å². The van der Waals surface area contributed by atoms with Crippen LogP contribution in [0.1, 0.15) is 32.1 Å². The highest BCUT2D eigenvalue weighted by Crippen LogP contribution is 2.25. The van der Waals surface area contributed by atoms with Gasteiger partial charge in [0.25, 0.3) is 0 Å². The van der Waals surface area contributed by atoms with Crippen molar-refractivity contribution in [3.8, 4) is 0 Å². The number of carbonyl (C=O) groups excluding carboxylic acids is 1. The van der Waals surface area contributed by atoms with Crippen LogP contribution in [0, 0.1) is 5.92 Å². The Kier molecular flexibility index (Phi) is 7.59. The van der Waals surface area contributed by atoms with Gasteiger partial charge in [0.05, 0.1) is 0 Å². The van der Waals surface area contributed by atoms with Crippen molar-refractivity contribution in [1.29, 1.82) is 0 Å². The van der Waals surface area contributed by atoms with E-state index in [2.05, 4.69) is 15.1 Å². The molecule has 3 aliphatic rings. The van der Waals surface area contributed by atoms with Crippen LogP contribution in [0.25, 0.3) is 0 Å². The Hall–Kier alpha value is -0.0300. The summed E-state index contributed by atoms with van der Waals surface area (Å²) in [5.41, 5.74) is 0. The third-order valence-corrected chi connectivity index (χ3v) is 4.88. The Morgan fingerprint density at radius 2 is 1.75 bits per heavy atom. The molecule has 1 N–H and O–H groups in total. The molecule has 1 amide bonds. The van der Waals surface area contributed by atoms with Gasteiger partial charge in [-0.15, -0.1) is 24.8 Å². The maximum atomic E-state index is 12.2. The van der Waals surface area contributed by atoms with Crippen LogP contribution in [-0.4, -0.2) is 61.0 Å². The normalized spacial score (nSPS) is 27.4. The molecule has 1 atom stereocenters. The first-order valence-electron chi connectivity index (χ1n) is 7.55. The quantitative estimate of drug-likeness (QED) is 0.855. The van der Waals surface area contributed by atoms with Crippen LogP contribution < -0.4 is 5.32 Å². The second-order valence-corrected chi connectivity index (χ2v) is 6.06. The lowest BCUT2D eigenvalue weighted by Gasteiger charge is -2.43.